The first kappa shape index (κ1) is 24.1. The normalized spacial score (nSPS) is 19.4. The lowest BCUT2D eigenvalue weighted by Crippen LogP contribution is -2.35. The molecule has 0 bridgehead atoms. The number of amides is 2. The Morgan fingerprint density at radius 3 is 2.47 bits per heavy atom. The molecule has 0 saturated carbocycles. The zero-order valence-corrected chi connectivity index (χ0v) is 19.0. The number of carbonyl (C=O) groups excluding carboxylic acids is 1. The minimum absolute atomic E-state index is 0.0372. The Morgan fingerprint density at radius 2 is 1.85 bits per heavy atom. The number of piperidine rings is 1. The number of aliphatic hydroxyl groups excluding tert-OH is 1. The van der Waals surface area contributed by atoms with Gasteiger partial charge in [0, 0.05) is 38.3 Å². The zero-order valence-electron chi connectivity index (χ0n) is 19.0. The van der Waals surface area contributed by atoms with Crippen molar-refractivity contribution in [1.29, 1.82) is 0 Å². The fourth-order valence-corrected chi connectivity index (χ4v) is 4.22. The molecule has 2 amide bonds. The lowest BCUT2D eigenvalue weighted by molar-refractivity contribution is -0.141. The van der Waals surface area contributed by atoms with Gasteiger partial charge in [-0.2, -0.15) is 13.2 Å². The van der Waals surface area contributed by atoms with Crippen LogP contribution in [-0.2, 0) is 12.7 Å². The second-order valence-electron chi connectivity index (χ2n) is 8.95. The van der Waals surface area contributed by atoms with E-state index in [0.717, 1.165) is 31.3 Å². The van der Waals surface area contributed by atoms with E-state index in [4.69, 9.17) is 0 Å². The third kappa shape index (κ3) is 5.88. The number of anilines is 3. The maximum atomic E-state index is 13.2. The largest absolute Gasteiger partial charge is 0.433 e. The van der Waals surface area contributed by atoms with Crippen LogP contribution in [0.1, 0.15) is 37.4 Å². The highest BCUT2D eigenvalue weighted by Crippen LogP contribution is 2.32. The van der Waals surface area contributed by atoms with Gasteiger partial charge in [-0.1, -0.05) is 13.0 Å². The van der Waals surface area contributed by atoms with E-state index in [1.54, 1.807) is 12.1 Å². The van der Waals surface area contributed by atoms with E-state index < -0.39 is 17.9 Å². The van der Waals surface area contributed by atoms with E-state index in [-0.39, 0.29) is 18.5 Å². The molecule has 0 unspecified atom stereocenters. The Labute approximate surface area is 196 Å². The van der Waals surface area contributed by atoms with Crippen molar-refractivity contribution in [1.82, 2.24) is 15.3 Å². The van der Waals surface area contributed by atoms with Crippen LogP contribution in [0.3, 0.4) is 0 Å². The maximum absolute atomic E-state index is 13.2. The highest BCUT2D eigenvalue weighted by molar-refractivity contribution is 5.89. The van der Waals surface area contributed by atoms with E-state index in [1.807, 2.05) is 9.80 Å². The molecule has 0 spiro atoms. The molecule has 3 N–H and O–H groups in total. The summed E-state index contributed by atoms with van der Waals surface area (Å²) >= 11 is 0. The van der Waals surface area contributed by atoms with E-state index in [0.29, 0.717) is 43.2 Å². The standard InChI is InChI=1S/C23H29F3N6O2/c1-15-6-9-31(10-7-15)21-16(2-4-19(30-21)23(24,25)26)12-28-22(34)29-17-3-5-20(27-13-17)32-11-8-18(33)14-32/h2-5,13,15,18,33H,6-12,14H2,1H3,(H2,28,29,34)/t18-/m0/s1. The van der Waals surface area contributed by atoms with Crippen molar-refractivity contribution in [3.05, 3.63) is 41.7 Å². The van der Waals surface area contributed by atoms with Gasteiger partial charge in [0.15, 0.2) is 0 Å². The average Bonchev–Trinajstić information content (AvgIpc) is 3.24. The van der Waals surface area contributed by atoms with Gasteiger partial charge < -0.3 is 25.5 Å². The van der Waals surface area contributed by atoms with E-state index in [2.05, 4.69) is 27.5 Å². The second kappa shape index (κ2) is 10.0. The van der Waals surface area contributed by atoms with Crippen molar-refractivity contribution in [2.75, 3.05) is 41.3 Å². The topological polar surface area (TPSA) is 93.6 Å². The third-order valence-corrected chi connectivity index (χ3v) is 6.26. The summed E-state index contributed by atoms with van der Waals surface area (Å²) in [7, 11) is 0. The molecule has 0 aliphatic carbocycles. The minimum Gasteiger partial charge on any atom is -0.391 e. The molecule has 4 rings (SSSR count). The van der Waals surface area contributed by atoms with Crippen molar-refractivity contribution in [3.8, 4) is 0 Å². The van der Waals surface area contributed by atoms with E-state index in [9.17, 15) is 23.1 Å². The first-order valence-electron chi connectivity index (χ1n) is 11.4. The fraction of sp³-hybridized carbons (Fsp3) is 0.522. The van der Waals surface area contributed by atoms with Gasteiger partial charge in [0.25, 0.3) is 0 Å². The molecule has 2 aliphatic heterocycles. The Balaban J connectivity index is 1.39. The molecule has 0 aromatic carbocycles. The number of pyridine rings is 2. The summed E-state index contributed by atoms with van der Waals surface area (Å²) in [5.74, 6) is 1.50. The van der Waals surface area contributed by atoms with Crippen LogP contribution in [0.15, 0.2) is 30.5 Å². The molecule has 2 aromatic heterocycles. The number of halogens is 3. The summed E-state index contributed by atoms with van der Waals surface area (Å²) < 4.78 is 39.7. The summed E-state index contributed by atoms with van der Waals surface area (Å²) in [4.78, 5) is 24.5. The number of nitrogens with zero attached hydrogens (tertiary/aromatic N) is 4. The first-order chi connectivity index (χ1) is 16.2. The molecule has 4 heterocycles. The summed E-state index contributed by atoms with van der Waals surface area (Å²) in [6.45, 7) is 4.66. The van der Waals surface area contributed by atoms with Crippen LogP contribution in [0.4, 0.5) is 35.3 Å². The number of rotatable bonds is 5. The molecule has 34 heavy (non-hydrogen) atoms. The smallest absolute Gasteiger partial charge is 0.391 e. The predicted octanol–water partition coefficient (Wildman–Crippen LogP) is 3.62. The fourth-order valence-electron chi connectivity index (χ4n) is 4.22. The molecule has 8 nitrogen and oxygen atoms in total. The highest BCUT2D eigenvalue weighted by Gasteiger charge is 2.34. The van der Waals surface area contributed by atoms with E-state index >= 15 is 0 Å². The number of carbonyl (C=O) groups is 1. The van der Waals surface area contributed by atoms with Crippen LogP contribution in [0.25, 0.3) is 0 Å². The van der Waals surface area contributed by atoms with Gasteiger partial charge in [-0.05, 0) is 43.4 Å². The molecular formula is C23H29F3N6O2. The van der Waals surface area contributed by atoms with Crippen LogP contribution in [0.2, 0.25) is 0 Å². The predicted molar refractivity (Wildman–Crippen MR) is 123 cm³/mol. The quantitative estimate of drug-likeness (QED) is 0.608. The molecule has 11 heteroatoms. The van der Waals surface area contributed by atoms with Crippen molar-refractivity contribution in [2.24, 2.45) is 5.92 Å². The number of urea groups is 1. The minimum atomic E-state index is -4.53. The number of hydrogen-bond acceptors (Lipinski definition) is 6. The van der Waals surface area contributed by atoms with Gasteiger partial charge in [-0.3, -0.25) is 0 Å². The molecule has 2 saturated heterocycles. The Hall–Kier alpha value is -3.08. The number of aliphatic hydroxyl groups is 1. The van der Waals surface area contributed by atoms with Crippen LogP contribution in [0.5, 0.6) is 0 Å². The van der Waals surface area contributed by atoms with Crippen molar-refractivity contribution >= 4 is 23.4 Å². The maximum Gasteiger partial charge on any atom is 0.433 e. The Kier molecular flexibility index (Phi) is 7.11. The summed E-state index contributed by atoms with van der Waals surface area (Å²) in [6, 6.07) is 5.31. The lowest BCUT2D eigenvalue weighted by Gasteiger charge is -2.33. The molecular weight excluding hydrogens is 449 g/mol. The third-order valence-electron chi connectivity index (χ3n) is 6.26. The van der Waals surface area contributed by atoms with Crippen LogP contribution in [-0.4, -0.2) is 53.4 Å². The van der Waals surface area contributed by atoms with Crippen molar-refractivity contribution in [2.45, 2.75) is 45.0 Å². The summed E-state index contributed by atoms with van der Waals surface area (Å²) in [5, 5.41) is 15.0. The highest BCUT2D eigenvalue weighted by atomic mass is 19.4. The Morgan fingerprint density at radius 1 is 1.12 bits per heavy atom. The number of nitrogens with one attached hydrogen (secondary N) is 2. The number of hydrogen-bond donors (Lipinski definition) is 3. The molecule has 2 aliphatic rings. The number of aromatic nitrogens is 2. The van der Waals surface area contributed by atoms with Crippen LogP contribution < -0.4 is 20.4 Å². The average molecular weight is 479 g/mol. The van der Waals surface area contributed by atoms with Gasteiger partial charge in [0.2, 0.25) is 0 Å². The number of alkyl halides is 3. The van der Waals surface area contributed by atoms with E-state index in [1.165, 1.54) is 12.3 Å². The molecule has 2 fully saturated rings. The van der Waals surface area contributed by atoms with Gasteiger partial charge in [-0.15, -0.1) is 0 Å². The van der Waals surface area contributed by atoms with Gasteiger partial charge in [-0.25, -0.2) is 14.8 Å². The van der Waals surface area contributed by atoms with Crippen LogP contribution in [0, 0.1) is 5.92 Å². The summed E-state index contributed by atoms with van der Waals surface area (Å²) in [6.07, 6.45) is -0.910. The molecule has 1 atom stereocenters. The lowest BCUT2D eigenvalue weighted by atomic mass is 9.99. The SMILES string of the molecule is CC1CCN(c2nc(C(F)(F)F)ccc2CNC(=O)Nc2ccc(N3CC[C@H](O)C3)nc2)CC1. The second-order valence-corrected chi connectivity index (χ2v) is 8.95. The van der Waals surface area contributed by atoms with Gasteiger partial charge in [0.05, 0.1) is 18.0 Å². The zero-order chi connectivity index (χ0) is 24.3. The van der Waals surface area contributed by atoms with Crippen molar-refractivity contribution < 1.29 is 23.1 Å². The van der Waals surface area contributed by atoms with Crippen LogP contribution >= 0.6 is 0 Å². The van der Waals surface area contributed by atoms with Gasteiger partial charge in [0.1, 0.15) is 17.3 Å². The van der Waals surface area contributed by atoms with Crippen molar-refractivity contribution in [3.63, 3.8) is 0 Å². The first-order valence-corrected chi connectivity index (χ1v) is 11.4. The monoisotopic (exact) mass is 478 g/mol. The number of β-amino-alcohol motifs (C(OH)–C–C–N with tert-alkyl or cyclic N) is 1. The molecule has 184 valence electrons. The molecule has 2 aromatic rings. The molecule has 0 radical (unpaired) electrons. The Bertz CT molecular complexity index is 993. The summed E-state index contributed by atoms with van der Waals surface area (Å²) in [5.41, 5.74) is 0.0709. The van der Waals surface area contributed by atoms with Gasteiger partial charge >= 0.3 is 12.2 Å².